The summed E-state index contributed by atoms with van der Waals surface area (Å²) in [5, 5.41) is 41.9. The molecule has 1 radical (unpaired) electrons. The van der Waals surface area contributed by atoms with Crippen LogP contribution in [0.1, 0.15) is 257 Å². The Kier molecular flexibility index (Phi) is 79.4. The Bertz CT molecular complexity index is 910. The van der Waals surface area contributed by atoms with E-state index in [-0.39, 0.29) is 18.6 Å². The molecule has 10 nitrogen and oxygen atoms in total. The molecule has 0 aromatic rings. The van der Waals surface area contributed by atoms with Gasteiger partial charge in [0.15, 0.2) is 0 Å². The summed E-state index contributed by atoms with van der Waals surface area (Å²) in [5.41, 5.74) is 0. The molecule has 66 heavy (non-hydrogen) atoms. The zero-order valence-electron chi connectivity index (χ0n) is 41.9. The van der Waals surface area contributed by atoms with Gasteiger partial charge in [-0.05, 0) is 96.3 Å². The predicted octanol–water partition coefficient (Wildman–Crippen LogP) is 16.9. The van der Waals surface area contributed by atoms with Crippen molar-refractivity contribution >= 4 is 29.8 Å². The molecule has 0 amide bonds. The predicted molar refractivity (Wildman–Crippen MR) is 274 cm³/mol. The van der Waals surface area contributed by atoms with E-state index >= 15 is 0 Å². The van der Waals surface area contributed by atoms with Crippen molar-refractivity contribution in [3.05, 3.63) is 63.3 Å². The molecular weight excluding hydrogens is 872 g/mol. The fraction of sp³-hybridized carbons (Fsp3) is 0.727. The number of carboxylic acid groups (broad SMARTS) is 5. The molecule has 0 atom stereocenters. The first-order valence-electron chi connectivity index (χ1n) is 25.5. The van der Waals surface area contributed by atoms with Crippen molar-refractivity contribution in [3.8, 4) is 0 Å². The van der Waals surface area contributed by atoms with Crippen LogP contribution in [-0.2, 0) is 42.5 Å². The van der Waals surface area contributed by atoms with Gasteiger partial charge in [-0.15, -0.1) is 32.9 Å². The fourth-order valence-electron chi connectivity index (χ4n) is 6.36. The van der Waals surface area contributed by atoms with E-state index in [0.717, 1.165) is 96.3 Å². The van der Waals surface area contributed by atoms with Crippen LogP contribution >= 0.6 is 0 Å². The second-order valence-corrected chi connectivity index (χ2v) is 16.7. The van der Waals surface area contributed by atoms with Crippen molar-refractivity contribution in [2.24, 2.45) is 0 Å². The Morgan fingerprint density at radius 2 is 0.333 bits per heavy atom. The molecule has 0 heterocycles. The third kappa shape index (κ3) is 99.2. The molecule has 0 aliphatic rings. The van der Waals surface area contributed by atoms with Crippen molar-refractivity contribution in [2.45, 2.75) is 257 Å². The molecule has 0 fully saturated rings. The Labute approximate surface area is 416 Å². The Balaban J connectivity index is -0.000000170. The standard InChI is InChI=1S/5C11H20O2.V/c5*1-2-3-4-5-6-7-8-9-10-11(12)13;/h5*2H,1,3-10H2,(H,12,13);. The van der Waals surface area contributed by atoms with Crippen LogP contribution in [0, 0.1) is 0 Å². The van der Waals surface area contributed by atoms with Crippen molar-refractivity contribution in [3.63, 3.8) is 0 Å². The van der Waals surface area contributed by atoms with Crippen LogP contribution in [-0.4, -0.2) is 55.4 Å². The average Bonchev–Trinajstić information content (AvgIpc) is 3.26. The summed E-state index contributed by atoms with van der Waals surface area (Å²) in [6.07, 6.45) is 50.7. The van der Waals surface area contributed by atoms with Crippen molar-refractivity contribution in [1.29, 1.82) is 0 Å². The quantitative estimate of drug-likeness (QED) is 0.0290. The topological polar surface area (TPSA) is 186 Å². The third-order valence-electron chi connectivity index (χ3n) is 10.2. The van der Waals surface area contributed by atoms with Crippen LogP contribution in [0.5, 0.6) is 0 Å². The zero-order chi connectivity index (χ0) is 49.7. The molecule has 385 valence electrons. The number of hydrogen-bond acceptors (Lipinski definition) is 5. The van der Waals surface area contributed by atoms with Crippen molar-refractivity contribution in [1.82, 2.24) is 0 Å². The van der Waals surface area contributed by atoms with Crippen LogP contribution in [0.15, 0.2) is 63.3 Å². The molecule has 0 rings (SSSR count). The minimum absolute atomic E-state index is 0. The van der Waals surface area contributed by atoms with Gasteiger partial charge in [0.1, 0.15) is 0 Å². The van der Waals surface area contributed by atoms with Crippen LogP contribution in [0.4, 0.5) is 0 Å². The van der Waals surface area contributed by atoms with E-state index in [1.165, 1.54) is 128 Å². The van der Waals surface area contributed by atoms with Crippen LogP contribution in [0.3, 0.4) is 0 Å². The first-order chi connectivity index (χ1) is 31.4. The minimum atomic E-state index is -0.674. The van der Waals surface area contributed by atoms with Crippen LogP contribution in [0.25, 0.3) is 0 Å². The molecule has 0 spiro atoms. The maximum Gasteiger partial charge on any atom is 0.303 e. The summed E-state index contributed by atoms with van der Waals surface area (Å²) in [7, 11) is 0. The van der Waals surface area contributed by atoms with Crippen LogP contribution < -0.4 is 0 Å². The number of rotatable bonds is 45. The van der Waals surface area contributed by atoms with E-state index in [1.54, 1.807) is 0 Å². The average molecular weight is 972 g/mol. The maximum absolute atomic E-state index is 10.2. The molecule has 0 saturated heterocycles. The number of aliphatic carboxylic acids is 5. The van der Waals surface area contributed by atoms with Gasteiger partial charge in [0, 0.05) is 50.7 Å². The van der Waals surface area contributed by atoms with Gasteiger partial charge < -0.3 is 25.5 Å². The van der Waals surface area contributed by atoms with Gasteiger partial charge in [-0.1, -0.05) is 159 Å². The van der Waals surface area contributed by atoms with Gasteiger partial charge in [-0.2, -0.15) is 0 Å². The van der Waals surface area contributed by atoms with Crippen molar-refractivity contribution in [2.75, 3.05) is 0 Å². The summed E-state index contributed by atoms with van der Waals surface area (Å²) < 4.78 is 0. The number of unbranched alkanes of at least 4 members (excludes halogenated alkanes) is 30. The number of carbonyl (C=O) groups is 5. The first-order valence-corrected chi connectivity index (χ1v) is 25.5. The first kappa shape index (κ1) is 74.2. The Morgan fingerprint density at radius 1 is 0.227 bits per heavy atom. The molecule has 0 aliphatic heterocycles. The summed E-state index contributed by atoms with van der Waals surface area (Å²) in [6.45, 7) is 18.3. The summed E-state index contributed by atoms with van der Waals surface area (Å²) in [5.74, 6) is -3.37. The monoisotopic (exact) mass is 972 g/mol. The molecule has 0 saturated carbocycles. The van der Waals surface area contributed by atoms with Crippen molar-refractivity contribution < 1.29 is 68.1 Å². The summed E-state index contributed by atoms with van der Waals surface area (Å²) in [6, 6.07) is 0. The minimum Gasteiger partial charge on any atom is -0.481 e. The second kappa shape index (κ2) is 70.6. The second-order valence-electron chi connectivity index (χ2n) is 16.7. The van der Waals surface area contributed by atoms with Gasteiger partial charge in [-0.25, -0.2) is 0 Å². The molecule has 0 aliphatic carbocycles. The van der Waals surface area contributed by atoms with E-state index in [1.807, 2.05) is 30.4 Å². The van der Waals surface area contributed by atoms with Gasteiger partial charge in [0.25, 0.3) is 0 Å². The Hall–Kier alpha value is -3.37. The maximum atomic E-state index is 10.2. The van der Waals surface area contributed by atoms with Crippen LogP contribution in [0.2, 0.25) is 0 Å². The van der Waals surface area contributed by atoms with E-state index in [9.17, 15) is 24.0 Å². The largest absolute Gasteiger partial charge is 0.481 e. The fourth-order valence-corrected chi connectivity index (χ4v) is 6.36. The molecule has 0 bridgehead atoms. The Morgan fingerprint density at radius 3 is 0.439 bits per heavy atom. The molecule has 0 aromatic heterocycles. The number of allylic oxidation sites excluding steroid dienone is 5. The molecule has 0 aromatic carbocycles. The van der Waals surface area contributed by atoms with Gasteiger partial charge >= 0.3 is 29.8 Å². The van der Waals surface area contributed by atoms with E-state index in [0.29, 0.717) is 32.1 Å². The molecular formula is C55H100O10V. The number of carboxylic acids is 5. The SMILES string of the molecule is C=CCCCCCCCCC(=O)O.C=CCCCCCCCCC(=O)O.C=CCCCCCCCCC(=O)O.C=CCCCCCCCCC(=O)O.C=CCCCCCCCCC(=O)O.[V]. The van der Waals surface area contributed by atoms with E-state index < -0.39 is 29.8 Å². The normalized spacial score (nSPS) is 9.70. The summed E-state index contributed by atoms with van der Waals surface area (Å²) in [4.78, 5) is 50.8. The smallest absolute Gasteiger partial charge is 0.303 e. The van der Waals surface area contributed by atoms with Gasteiger partial charge in [0.2, 0.25) is 0 Å². The van der Waals surface area contributed by atoms with Gasteiger partial charge in [0.05, 0.1) is 0 Å². The molecule has 0 unspecified atom stereocenters. The van der Waals surface area contributed by atoms with E-state index in [4.69, 9.17) is 25.5 Å². The summed E-state index contributed by atoms with van der Waals surface area (Å²) >= 11 is 0. The zero-order valence-corrected chi connectivity index (χ0v) is 43.3. The van der Waals surface area contributed by atoms with E-state index in [2.05, 4.69) is 32.9 Å². The van der Waals surface area contributed by atoms with Gasteiger partial charge in [-0.3, -0.25) is 24.0 Å². The molecule has 11 heteroatoms. The number of hydrogen-bond donors (Lipinski definition) is 5. The third-order valence-corrected chi connectivity index (χ3v) is 10.2. The molecule has 5 N–H and O–H groups in total.